The number of methoxy groups -OCH3 is 1. The van der Waals surface area contributed by atoms with Gasteiger partial charge in [-0.05, 0) is 32.2 Å². The van der Waals surface area contributed by atoms with Gasteiger partial charge >= 0.3 is 0 Å². The zero-order valence-corrected chi connectivity index (χ0v) is 11.0. The van der Waals surface area contributed by atoms with Crippen LogP contribution in [-0.2, 0) is 4.74 Å². The van der Waals surface area contributed by atoms with Crippen molar-refractivity contribution in [1.82, 2.24) is 4.90 Å². The Bertz CT molecular complexity index is 175. The lowest BCUT2D eigenvalue weighted by Crippen LogP contribution is -2.43. The van der Waals surface area contributed by atoms with E-state index in [1.165, 1.54) is 38.6 Å². The normalized spacial score (nSPS) is 25.3. The first-order valence-corrected chi connectivity index (χ1v) is 6.76. The summed E-state index contributed by atoms with van der Waals surface area (Å²) in [4.78, 5) is 2.60. The molecule has 16 heavy (non-hydrogen) atoms. The average molecular weight is 228 g/mol. The molecule has 1 fully saturated rings. The number of hydrogen-bond donors (Lipinski definition) is 1. The molecule has 2 N–H and O–H groups in total. The lowest BCUT2D eigenvalue weighted by molar-refractivity contribution is 0.154. The third-order valence-electron chi connectivity index (χ3n) is 3.63. The molecule has 1 saturated heterocycles. The third-order valence-corrected chi connectivity index (χ3v) is 3.63. The molecule has 1 heterocycles. The summed E-state index contributed by atoms with van der Waals surface area (Å²) in [6, 6.07) is 1.03. The van der Waals surface area contributed by atoms with Gasteiger partial charge in [-0.25, -0.2) is 0 Å². The van der Waals surface area contributed by atoms with Crippen LogP contribution < -0.4 is 5.73 Å². The third kappa shape index (κ3) is 4.81. The van der Waals surface area contributed by atoms with Gasteiger partial charge in [0.2, 0.25) is 0 Å². The molecule has 0 amide bonds. The predicted octanol–water partition coefficient (Wildman–Crippen LogP) is 2.00. The molecular weight excluding hydrogens is 200 g/mol. The molecule has 1 aliphatic heterocycles. The van der Waals surface area contributed by atoms with E-state index in [0.717, 1.165) is 25.6 Å². The van der Waals surface area contributed by atoms with E-state index in [9.17, 15) is 0 Å². The Morgan fingerprint density at radius 3 is 2.88 bits per heavy atom. The van der Waals surface area contributed by atoms with E-state index in [2.05, 4.69) is 11.8 Å². The van der Waals surface area contributed by atoms with Crippen LogP contribution in [0.5, 0.6) is 0 Å². The summed E-state index contributed by atoms with van der Waals surface area (Å²) >= 11 is 0. The minimum absolute atomic E-state index is 0.270. The molecule has 96 valence electrons. The highest BCUT2D eigenvalue weighted by atomic mass is 16.5. The van der Waals surface area contributed by atoms with Gasteiger partial charge in [0, 0.05) is 32.3 Å². The molecule has 1 aliphatic rings. The minimum Gasteiger partial charge on any atom is -0.385 e. The molecule has 3 nitrogen and oxygen atoms in total. The van der Waals surface area contributed by atoms with Crippen LogP contribution in [0.15, 0.2) is 0 Å². The van der Waals surface area contributed by atoms with E-state index >= 15 is 0 Å². The molecule has 0 aromatic carbocycles. The molecule has 0 saturated carbocycles. The van der Waals surface area contributed by atoms with E-state index in [1.807, 2.05) is 0 Å². The van der Waals surface area contributed by atoms with Gasteiger partial charge in [0.15, 0.2) is 0 Å². The maximum absolute atomic E-state index is 6.14. The SMILES string of the molecule is CCC1CCCCCN1CC(N)CCOC. The summed E-state index contributed by atoms with van der Waals surface area (Å²) in [6.07, 6.45) is 7.71. The van der Waals surface area contributed by atoms with E-state index in [-0.39, 0.29) is 6.04 Å². The quantitative estimate of drug-likeness (QED) is 0.756. The van der Waals surface area contributed by atoms with Crippen LogP contribution in [0.1, 0.15) is 45.4 Å². The lowest BCUT2D eigenvalue weighted by Gasteiger charge is -2.31. The van der Waals surface area contributed by atoms with Crippen molar-refractivity contribution in [3.8, 4) is 0 Å². The Balaban J connectivity index is 2.35. The zero-order valence-electron chi connectivity index (χ0n) is 11.0. The van der Waals surface area contributed by atoms with Crippen molar-refractivity contribution in [3.05, 3.63) is 0 Å². The molecule has 0 bridgehead atoms. The van der Waals surface area contributed by atoms with Gasteiger partial charge < -0.3 is 10.5 Å². The average Bonchev–Trinajstić information content (AvgIpc) is 2.51. The van der Waals surface area contributed by atoms with Crippen LogP contribution in [0.2, 0.25) is 0 Å². The molecule has 2 atom stereocenters. The zero-order chi connectivity index (χ0) is 11.8. The Morgan fingerprint density at radius 2 is 2.19 bits per heavy atom. The molecule has 3 heteroatoms. The first-order chi connectivity index (χ1) is 7.77. The van der Waals surface area contributed by atoms with E-state index < -0.39 is 0 Å². The van der Waals surface area contributed by atoms with Gasteiger partial charge in [-0.15, -0.1) is 0 Å². The van der Waals surface area contributed by atoms with Crippen LogP contribution in [-0.4, -0.2) is 43.8 Å². The van der Waals surface area contributed by atoms with Gasteiger partial charge in [0.05, 0.1) is 0 Å². The van der Waals surface area contributed by atoms with Gasteiger partial charge in [0.25, 0.3) is 0 Å². The molecule has 0 radical (unpaired) electrons. The summed E-state index contributed by atoms with van der Waals surface area (Å²) in [7, 11) is 1.74. The summed E-state index contributed by atoms with van der Waals surface area (Å²) in [5, 5.41) is 0. The maximum atomic E-state index is 6.14. The fourth-order valence-electron chi connectivity index (χ4n) is 2.60. The largest absolute Gasteiger partial charge is 0.385 e. The van der Waals surface area contributed by atoms with Crippen molar-refractivity contribution in [1.29, 1.82) is 0 Å². The van der Waals surface area contributed by atoms with Gasteiger partial charge in [0.1, 0.15) is 0 Å². The fourth-order valence-corrected chi connectivity index (χ4v) is 2.60. The Labute approximate surface area is 100 Å². The van der Waals surface area contributed by atoms with Gasteiger partial charge in [-0.1, -0.05) is 19.8 Å². The van der Waals surface area contributed by atoms with Crippen molar-refractivity contribution >= 4 is 0 Å². The maximum Gasteiger partial charge on any atom is 0.0477 e. The highest BCUT2D eigenvalue weighted by Gasteiger charge is 2.20. The number of ether oxygens (including phenoxy) is 1. The number of nitrogens with two attached hydrogens (primary N) is 1. The summed E-state index contributed by atoms with van der Waals surface area (Å²) in [5.74, 6) is 0. The second-order valence-electron chi connectivity index (χ2n) is 4.95. The van der Waals surface area contributed by atoms with E-state index in [0.29, 0.717) is 0 Å². The molecule has 2 unspecified atom stereocenters. The first kappa shape index (κ1) is 13.9. The summed E-state index contributed by atoms with van der Waals surface area (Å²) in [5.41, 5.74) is 6.14. The Kier molecular flexibility index (Phi) is 7.01. The monoisotopic (exact) mass is 228 g/mol. The number of nitrogens with zero attached hydrogens (tertiary/aromatic N) is 1. The smallest absolute Gasteiger partial charge is 0.0477 e. The minimum atomic E-state index is 0.270. The van der Waals surface area contributed by atoms with Gasteiger partial charge in [-0.3, -0.25) is 4.90 Å². The fraction of sp³-hybridized carbons (Fsp3) is 1.00. The van der Waals surface area contributed by atoms with Crippen LogP contribution in [0, 0.1) is 0 Å². The lowest BCUT2D eigenvalue weighted by atomic mass is 10.1. The van der Waals surface area contributed by atoms with Crippen molar-refractivity contribution in [2.45, 2.75) is 57.5 Å². The summed E-state index contributed by atoms with van der Waals surface area (Å²) < 4.78 is 5.08. The number of rotatable bonds is 6. The second-order valence-corrected chi connectivity index (χ2v) is 4.95. The van der Waals surface area contributed by atoms with E-state index in [4.69, 9.17) is 10.5 Å². The molecule has 0 spiro atoms. The predicted molar refractivity (Wildman–Crippen MR) is 68.6 cm³/mol. The molecule has 1 rings (SSSR count). The van der Waals surface area contributed by atoms with Crippen LogP contribution in [0.4, 0.5) is 0 Å². The highest BCUT2D eigenvalue weighted by Crippen LogP contribution is 2.19. The molecule has 0 aromatic rings. The Morgan fingerprint density at radius 1 is 1.38 bits per heavy atom. The number of likely N-dealkylation sites (tertiary alicyclic amines) is 1. The summed E-state index contributed by atoms with van der Waals surface area (Å²) in [6.45, 7) is 5.36. The Hall–Kier alpha value is -0.120. The second kappa shape index (κ2) is 8.04. The van der Waals surface area contributed by atoms with Crippen LogP contribution >= 0.6 is 0 Å². The molecular formula is C13H28N2O. The van der Waals surface area contributed by atoms with Crippen molar-refractivity contribution < 1.29 is 4.74 Å². The van der Waals surface area contributed by atoms with Crippen molar-refractivity contribution in [3.63, 3.8) is 0 Å². The van der Waals surface area contributed by atoms with Crippen molar-refractivity contribution in [2.24, 2.45) is 5.73 Å². The topological polar surface area (TPSA) is 38.5 Å². The molecule has 0 aromatic heterocycles. The van der Waals surface area contributed by atoms with Crippen LogP contribution in [0.25, 0.3) is 0 Å². The molecule has 0 aliphatic carbocycles. The first-order valence-electron chi connectivity index (χ1n) is 6.76. The highest BCUT2D eigenvalue weighted by molar-refractivity contribution is 4.78. The van der Waals surface area contributed by atoms with Gasteiger partial charge in [-0.2, -0.15) is 0 Å². The van der Waals surface area contributed by atoms with Crippen LogP contribution in [0.3, 0.4) is 0 Å². The van der Waals surface area contributed by atoms with E-state index in [1.54, 1.807) is 7.11 Å². The standard InChI is InChI=1S/C13H28N2O/c1-3-13-7-5-4-6-9-15(13)11-12(14)8-10-16-2/h12-13H,3-11,14H2,1-2H3. The van der Waals surface area contributed by atoms with Crippen molar-refractivity contribution in [2.75, 3.05) is 26.8 Å². The number of hydrogen-bond acceptors (Lipinski definition) is 3.